The van der Waals surface area contributed by atoms with Gasteiger partial charge in [0.15, 0.2) is 11.0 Å². The van der Waals surface area contributed by atoms with Gasteiger partial charge in [-0.25, -0.2) is 4.98 Å². The van der Waals surface area contributed by atoms with Crippen LogP contribution in [0.25, 0.3) is 17.0 Å². The van der Waals surface area contributed by atoms with E-state index in [-0.39, 0.29) is 11.0 Å². The number of hydrogen-bond acceptors (Lipinski definition) is 5. The highest BCUT2D eigenvalue weighted by Crippen LogP contribution is 2.36. The smallest absolute Gasteiger partial charge is 0.258 e. The maximum Gasteiger partial charge on any atom is 0.258 e. The zero-order valence-corrected chi connectivity index (χ0v) is 20.9. The Labute approximate surface area is 204 Å². The van der Waals surface area contributed by atoms with Gasteiger partial charge in [-0.1, -0.05) is 82.1 Å². The molecule has 0 atom stereocenters. The summed E-state index contributed by atoms with van der Waals surface area (Å²) in [4.78, 5) is 17.2. The Morgan fingerprint density at radius 3 is 2.50 bits per heavy atom. The van der Waals surface area contributed by atoms with E-state index in [1.807, 2.05) is 18.2 Å². The molecule has 0 saturated heterocycles. The largest absolute Gasteiger partial charge is 0.299 e. The molecule has 3 heterocycles. The maximum absolute atomic E-state index is 12.5. The Morgan fingerprint density at radius 1 is 1.00 bits per heavy atom. The second-order valence-electron chi connectivity index (χ2n) is 10.1. The topological polar surface area (TPSA) is 65.1 Å². The van der Waals surface area contributed by atoms with Gasteiger partial charge in [-0.05, 0) is 36.0 Å². The molecule has 0 aliphatic heterocycles. The first-order valence-corrected chi connectivity index (χ1v) is 13.0. The summed E-state index contributed by atoms with van der Waals surface area (Å²) >= 11 is 1.61. The van der Waals surface area contributed by atoms with Gasteiger partial charge in [0.25, 0.3) is 5.56 Å². The number of benzene rings is 1. The van der Waals surface area contributed by atoms with E-state index in [9.17, 15) is 4.79 Å². The van der Waals surface area contributed by atoms with Gasteiger partial charge in [0.1, 0.15) is 5.65 Å². The van der Waals surface area contributed by atoms with E-state index in [0.29, 0.717) is 17.4 Å². The number of hydrogen-bond donors (Lipinski definition) is 0. The van der Waals surface area contributed by atoms with Gasteiger partial charge < -0.3 is 0 Å². The van der Waals surface area contributed by atoms with Crippen LogP contribution in [0, 0.1) is 0 Å². The van der Waals surface area contributed by atoms with Gasteiger partial charge >= 0.3 is 0 Å². The highest BCUT2D eigenvalue weighted by molar-refractivity contribution is 7.98. The maximum atomic E-state index is 12.5. The van der Waals surface area contributed by atoms with Crippen LogP contribution < -0.4 is 5.56 Å². The Kier molecular flexibility index (Phi) is 6.30. The first-order chi connectivity index (χ1) is 16.4. The van der Waals surface area contributed by atoms with Gasteiger partial charge in [-0.15, -0.1) is 10.2 Å². The predicted molar refractivity (Wildman–Crippen MR) is 137 cm³/mol. The van der Waals surface area contributed by atoms with Crippen LogP contribution in [0.5, 0.6) is 0 Å². The van der Waals surface area contributed by atoms with E-state index in [0.717, 1.165) is 35.1 Å². The number of nitrogens with zero attached hydrogens (tertiary/aromatic N) is 5. The van der Waals surface area contributed by atoms with Crippen LogP contribution in [0.4, 0.5) is 0 Å². The molecule has 5 rings (SSSR count). The second-order valence-corrected chi connectivity index (χ2v) is 11.0. The third-order valence-corrected chi connectivity index (χ3v) is 7.56. The molecule has 176 valence electrons. The first kappa shape index (κ1) is 22.8. The minimum Gasteiger partial charge on any atom is -0.299 e. The minimum absolute atomic E-state index is 0.0606. The van der Waals surface area contributed by atoms with Crippen LogP contribution in [0.15, 0.2) is 64.7 Å². The fraction of sp³-hybridized carbons (Fsp3) is 0.407. The van der Waals surface area contributed by atoms with Crippen molar-refractivity contribution in [3.05, 3.63) is 76.3 Å². The molecule has 34 heavy (non-hydrogen) atoms. The summed E-state index contributed by atoms with van der Waals surface area (Å²) in [5.41, 5.74) is 3.88. The first-order valence-electron chi connectivity index (χ1n) is 12.1. The Balaban J connectivity index is 1.46. The number of fused-ring (bicyclic) bond motifs is 1. The summed E-state index contributed by atoms with van der Waals surface area (Å²) < 4.78 is 3.90. The van der Waals surface area contributed by atoms with Crippen LogP contribution in [0.2, 0.25) is 0 Å². The van der Waals surface area contributed by atoms with Crippen LogP contribution >= 0.6 is 11.8 Å². The van der Waals surface area contributed by atoms with Crippen molar-refractivity contribution < 1.29 is 0 Å². The number of aromatic nitrogens is 5. The monoisotopic (exact) mass is 473 g/mol. The van der Waals surface area contributed by atoms with E-state index in [2.05, 4.69) is 64.8 Å². The summed E-state index contributed by atoms with van der Waals surface area (Å²) in [6, 6.07) is 16.4. The molecule has 1 fully saturated rings. The van der Waals surface area contributed by atoms with Crippen LogP contribution in [-0.4, -0.2) is 24.1 Å². The van der Waals surface area contributed by atoms with Crippen LogP contribution in [0.1, 0.15) is 70.2 Å². The third-order valence-electron chi connectivity index (χ3n) is 6.59. The van der Waals surface area contributed by atoms with Crippen molar-refractivity contribution in [2.75, 3.05) is 0 Å². The summed E-state index contributed by atoms with van der Waals surface area (Å²) in [5.74, 6) is 1.51. The fourth-order valence-corrected chi connectivity index (χ4v) is 5.57. The van der Waals surface area contributed by atoms with Crippen molar-refractivity contribution in [1.29, 1.82) is 0 Å². The third kappa shape index (κ3) is 4.67. The average Bonchev–Trinajstić information content (AvgIpc) is 3.27. The molecule has 4 aromatic rings. The van der Waals surface area contributed by atoms with E-state index < -0.39 is 0 Å². The lowest BCUT2D eigenvalue weighted by molar-refractivity contribution is 0.339. The number of rotatable bonds is 5. The molecule has 0 radical (unpaired) electrons. The lowest BCUT2D eigenvalue weighted by Gasteiger charge is -2.26. The highest BCUT2D eigenvalue weighted by Gasteiger charge is 2.24. The molecule has 0 unspecified atom stereocenters. The SMILES string of the molecule is CC(C)(C)c1ccc(-c2nnc(SCc3cc(=O)n4ccccc4n3)n2C2CCCCC2)cc1. The molecule has 3 aromatic heterocycles. The molecular formula is C27H31N5OS. The molecule has 0 bridgehead atoms. The van der Waals surface area contributed by atoms with E-state index in [1.165, 1.54) is 24.8 Å². The molecule has 0 amide bonds. The zero-order valence-electron chi connectivity index (χ0n) is 20.1. The van der Waals surface area contributed by atoms with Crippen molar-refractivity contribution in [3.63, 3.8) is 0 Å². The van der Waals surface area contributed by atoms with E-state index in [1.54, 1.807) is 28.4 Å². The molecular weight excluding hydrogens is 442 g/mol. The molecule has 1 aliphatic rings. The zero-order chi connectivity index (χ0) is 23.7. The van der Waals surface area contributed by atoms with Crippen molar-refractivity contribution >= 4 is 17.4 Å². The summed E-state index contributed by atoms with van der Waals surface area (Å²) in [5, 5.41) is 10.1. The average molecular weight is 474 g/mol. The normalized spacial score (nSPS) is 15.1. The molecule has 1 aromatic carbocycles. The van der Waals surface area contributed by atoms with Crippen molar-refractivity contribution in [2.24, 2.45) is 0 Å². The van der Waals surface area contributed by atoms with E-state index in [4.69, 9.17) is 0 Å². The Hall–Kier alpha value is -2.93. The van der Waals surface area contributed by atoms with Crippen molar-refractivity contribution in [3.8, 4) is 11.4 Å². The lowest BCUT2D eigenvalue weighted by Crippen LogP contribution is -2.16. The van der Waals surface area contributed by atoms with Gasteiger partial charge in [-0.3, -0.25) is 13.8 Å². The standard InChI is InChI=1S/C27H31N5OS/c1-27(2,3)20-14-12-19(13-15-20)25-29-30-26(32(25)22-9-5-4-6-10-22)34-18-21-17-24(33)31-16-8-7-11-23(31)28-21/h7-8,11-17,22H,4-6,9-10,18H2,1-3H3. The van der Waals surface area contributed by atoms with Gasteiger partial charge in [0.05, 0.1) is 5.69 Å². The number of pyridine rings is 1. The number of thioether (sulfide) groups is 1. The molecule has 1 saturated carbocycles. The van der Waals surface area contributed by atoms with Crippen molar-refractivity contribution in [1.82, 2.24) is 24.1 Å². The van der Waals surface area contributed by atoms with Crippen LogP contribution in [-0.2, 0) is 11.2 Å². The molecule has 6 nitrogen and oxygen atoms in total. The van der Waals surface area contributed by atoms with Crippen molar-refractivity contribution in [2.45, 2.75) is 75.2 Å². The van der Waals surface area contributed by atoms with Gasteiger partial charge in [0, 0.05) is 29.6 Å². The fourth-order valence-electron chi connectivity index (χ4n) is 4.68. The molecule has 0 spiro atoms. The lowest BCUT2D eigenvalue weighted by atomic mass is 9.86. The highest BCUT2D eigenvalue weighted by atomic mass is 32.2. The second kappa shape index (κ2) is 9.37. The molecule has 7 heteroatoms. The predicted octanol–water partition coefficient (Wildman–Crippen LogP) is 6.05. The minimum atomic E-state index is -0.0606. The van der Waals surface area contributed by atoms with E-state index >= 15 is 0 Å². The molecule has 0 N–H and O–H groups in total. The van der Waals surface area contributed by atoms with Gasteiger partial charge in [0.2, 0.25) is 0 Å². The molecule has 1 aliphatic carbocycles. The summed E-state index contributed by atoms with van der Waals surface area (Å²) in [7, 11) is 0. The Bertz CT molecular complexity index is 1340. The quantitative estimate of drug-likeness (QED) is 0.330. The van der Waals surface area contributed by atoms with Gasteiger partial charge in [-0.2, -0.15) is 0 Å². The summed E-state index contributed by atoms with van der Waals surface area (Å²) in [6.07, 6.45) is 7.80. The van der Waals surface area contributed by atoms with Crippen LogP contribution in [0.3, 0.4) is 0 Å². The Morgan fingerprint density at radius 2 is 1.76 bits per heavy atom. The summed E-state index contributed by atoms with van der Waals surface area (Å²) in [6.45, 7) is 6.69.